The minimum Gasteiger partial charge on any atom is -0.390 e. The number of nitrogens with one attached hydrogen (secondary N) is 2. The van der Waals surface area contributed by atoms with Crippen molar-refractivity contribution in [2.75, 3.05) is 18.4 Å². The lowest BCUT2D eigenvalue weighted by molar-refractivity contribution is 0.630. The van der Waals surface area contributed by atoms with E-state index >= 15 is 0 Å². The third kappa shape index (κ3) is 3.57. The molecule has 0 fully saturated rings. The number of fused-ring (bicyclic) bond motifs is 3. The summed E-state index contributed by atoms with van der Waals surface area (Å²) in [4.78, 5) is 11.3. The molecular weight excluding hydrogens is 353 g/mol. The largest absolute Gasteiger partial charge is 0.390 e. The zero-order valence-electron chi connectivity index (χ0n) is 15.2. The second-order valence-electron chi connectivity index (χ2n) is 6.37. The second kappa shape index (κ2) is 7.92. The number of benzene rings is 3. The van der Waals surface area contributed by atoms with Crippen LogP contribution < -0.4 is 11.1 Å². The number of nitrogens with two attached hydrogens (primary N) is 1. The Kier molecular flexibility index (Phi) is 5.01. The van der Waals surface area contributed by atoms with Gasteiger partial charge in [0.15, 0.2) is 0 Å². The van der Waals surface area contributed by atoms with Crippen LogP contribution in [0.25, 0.3) is 32.9 Å². The molecule has 0 aliphatic heterocycles. The van der Waals surface area contributed by atoms with Gasteiger partial charge in [-0.25, -0.2) is 9.38 Å². The normalized spacial score (nSPS) is 11.9. The molecule has 0 amide bonds. The molecule has 5 nitrogen and oxygen atoms in total. The number of rotatable bonds is 6. The Bertz CT molecular complexity index is 1160. The molecule has 28 heavy (non-hydrogen) atoms. The van der Waals surface area contributed by atoms with Crippen LogP contribution in [0.5, 0.6) is 0 Å². The molecule has 4 aromatic rings. The summed E-state index contributed by atoms with van der Waals surface area (Å²) in [5, 5.41) is 5.29. The molecule has 0 bridgehead atoms. The fourth-order valence-corrected chi connectivity index (χ4v) is 3.32. The topological polar surface area (TPSA) is 78.6 Å². The first-order chi connectivity index (χ1) is 13.8. The number of hydrogen-bond donors (Lipinski definition) is 3. The Morgan fingerprint density at radius 3 is 2.64 bits per heavy atom. The summed E-state index contributed by atoms with van der Waals surface area (Å²) in [7, 11) is 0. The maximum Gasteiger partial charge on any atom is 0.123 e. The van der Waals surface area contributed by atoms with Crippen molar-refractivity contribution in [2.24, 2.45) is 15.7 Å². The molecule has 4 rings (SSSR count). The molecule has 4 N–H and O–H groups in total. The molecule has 0 aliphatic rings. The van der Waals surface area contributed by atoms with Crippen molar-refractivity contribution >= 4 is 40.2 Å². The summed E-state index contributed by atoms with van der Waals surface area (Å²) < 4.78 is 13.8. The molecule has 1 aromatic heterocycles. The van der Waals surface area contributed by atoms with Crippen molar-refractivity contribution in [3.8, 4) is 11.1 Å². The second-order valence-corrected chi connectivity index (χ2v) is 6.37. The van der Waals surface area contributed by atoms with E-state index in [0.717, 1.165) is 38.6 Å². The molecule has 1 heterocycles. The molecule has 0 saturated heterocycles. The first-order valence-electron chi connectivity index (χ1n) is 9.02. The number of aliphatic imine (C=N–C) groups is 2. The van der Waals surface area contributed by atoms with Crippen LogP contribution in [0.1, 0.15) is 0 Å². The highest BCUT2D eigenvalue weighted by Crippen LogP contribution is 2.35. The molecule has 0 spiro atoms. The van der Waals surface area contributed by atoms with Crippen LogP contribution >= 0.6 is 0 Å². The highest BCUT2D eigenvalue weighted by atomic mass is 19.1. The maximum atomic E-state index is 13.8. The average Bonchev–Trinajstić information content (AvgIpc) is 3.07. The summed E-state index contributed by atoms with van der Waals surface area (Å²) in [6.07, 6.45) is 2.64. The molecule has 0 aliphatic carbocycles. The highest BCUT2D eigenvalue weighted by Gasteiger charge is 2.12. The summed E-state index contributed by atoms with van der Waals surface area (Å²) >= 11 is 0. The number of aromatic nitrogens is 1. The van der Waals surface area contributed by atoms with Crippen LogP contribution in [-0.4, -0.2) is 30.8 Å². The van der Waals surface area contributed by atoms with Gasteiger partial charge in [-0.2, -0.15) is 0 Å². The molecule has 140 valence electrons. The van der Waals surface area contributed by atoms with Crippen LogP contribution in [0.15, 0.2) is 70.6 Å². The van der Waals surface area contributed by atoms with Gasteiger partial charge < -0.3 is 16.0 Å². The highest BCUT2D eigenvalue weighted by molar-refractivity contribution is 6.10. The van der Waals surface area contributed by atoms with E-state index in [4.69, 9.17) is 5.73 Å². The van der Waals surface area contributed by atoms with Crippen molar-refractivity contribution in [1.82, 2.24) is 4.98 Å². The number of H-pyrrole nitrogens is 1. The van der Waals surface area contributed by atoms with E-state index in [9.17, 15) is 4.39 Å². The third-order valence-corrected chi connectivity index (χ3v) is 4.57. The van der Waals surface area contributed by atoms with Gasteiger partial charge in [-0.05, 0) is 35.9 Å². The van der Waals surface area contributed by atoms with Crippen LogP contribution in [-0.2, 0) is 0 Å². The van der Waals surface area contributed by atoms with E-state index in [0.29, 0.717) is 13.1 Å². The van der Waals surface area contributed by atoms with E-state index in [1.807, 2.05) is 18.2 Å². The lowest BCUT2D eigenvalue weighted by atomic mass is 10.0. The van der Waals surface area contributed by atoms with Gasteiger partial charge in [0.25, 0.3) is 0 Å². The Balaban J connectivity index is 1.77. The fourth-order valence-electron chi connectivity index (χ4n) is 3.32. The molecular formula is C22H20FN5. The number of halogens is 1. The van der Waals surface area contributed by atoms with Crippen LogP contribution in [0.3, 0.4) is 0 Å². The van der Waals surface area contributed by atoms with Crippen molar-refractivity contribution in [3.05, 3.63) is 66.5 Å². The summed E-state index contributed by atoms with van der Waals surface area (Å²) in [5.74, 6) is -0.246. The monoisotopic (exact) mass is 373 g/mol. The summed E-state index contributed by atoms with van der Waals surface area (Å²) in [6.45, 7) is 1.20. The van der Waals surface area contributed by atoms with E-state index in [1.165, 1.54) is 18.7 Å². The third-order valence-electron chi connectivity index (χ3n) is 4.57. The quantitative estimate of drug-likeness (QED) is 0.263. The minimum absolute atomic E-state index is 0.246. The standard InChI is InChI=1S/C22H20FN5/c23-16-6-7-20-18(10-16)19-12-21(27-9-8-25-14-26-13-24)17(11-22(19)28-20)15-4-2-1-3-5-15/h1-7,10-14,27-28H,8-9H2,(H2,24,25,26). The van der Waals surface area contributed by atoms with Crippen LogP contribution in [0, 0.1) is 5.82 Å². The zero-order chi connectivity index (χ0) is 19.3. The van der Waals surface area contributed by atoms with Gasteiger partial charge in [-0.15, -0.1) is 0 Å². The lowest BCUT2D eigenvalue weighted by Crippen LogP contribution is -2.06. The SMILES string of the molecule is NC=NC=NCCNc1cc2c(cc1-c1ccccc1)[nH]c1ccc(F)cc12. The fraction of sp³-hybridized carbons (Fsp3) is 0.0909. The number of aromatic amines is 1. The first-order valence-corrected chi connectivity index (χ1v) is 9.02. The molecule has 0 radical (unpaired) electrons. The molecule has 0 unspecified atom stereocenters. The summed E-state index contributed by atoms with van der Waals surface area (Å²) in [6, 6.07) is 19.1. The number of nitrogens with zero attached hydrogens (tertiary/aromatic N) is 2. The van der Waals surface area contributed by atoms with Gasteiger partial charge in [0, 0.05) is 39.6 Å². The van der Waals surface area contributed by atoms with E-state index in [-0.39, 0.29) is 5.82 Å². The van der Waals surface area contributed by atoms with Gasteiger partial charge in [0.05, 0.1) is 12.9 Å². The van der Waals surface area contributed by atoms with Gasteiger partial charge in [0.2, 0.25) is 0 Å². The van der Waals surface area contributed by atoms with E-state index < -0.39 is 0 Å². The Morgan fingerprint density at radius 1 is 1.00 bits per heavy atom. The zero-order valence-corrected chi connectivity index (χ0v) is 15.2. The Morgan fingerprint density at radius 2 is 1.82 bits per heavy atom. The van der Waals surface area contributed by atoms with E-state index in [1.54, 1.807) is 12.1 Å². The molecule has 3 aromatic carbocycles. The Hall–Kier alpha value is -3.67. The minimum atomic E-state index is -0.246. The van der Waals surface area contributed by atoms with Gasteiger partial charge in [-0.3, -0.25) is 4.99 Å². The van der Waals surface area contributed by atoms with Gasteiger partial charge in [-0.1, -0.05) is 30.3 Å². The van der Waals surface area contributed by atoms with Crippen molar-refractivity contribution in [1.29, 1.82) is 0 Å². The van der Waals surface area contributed by atoms with Gasteiger partial charge in [0.1, 0.15) is 12.2 Å². The van der Waals surface area contributed by atoms with Gasteiger partial charge >= 0.3 is 0 Å². The van der Waals surface area contributed by atoms with Crippen LogP contribution in [0.4, 0.5) is 10.1 Å². The average molecular weight is 373 g/mol. The number of anilines is 1. The predicted molar refractivity (Wildman–Crippen MR) is 116 cm³/mol. The lowest BCUT2D eigenvalue weighted by Gasteiger charge is -2.12. The molecule has 0 atom stereocenters. The molecule has 0 saturated carbocycles. The smallest absolute Gasteiger partial charge is 0.123 e. The molecule has 6 heteroatoms. The Labute approximate surface area is 161 Å². The summed E-state index contributed by atoms with van der Waals surface area (Å²) in [5.41, 5.74) is 10.2. The van der Waals surface area contributed by atoms with E-state index in [2.05, 4.69) is 44.6 Å². The first kappa shape index (κ1) is 17.7. The van der Waals surface area contributed by atoms with Crippen molar-refractivity contribution in [2.45, 2.75) is 0 Å². The van der Waals surface area contributed by atoms with Crippen molar-refractivity contribution < 1.29 is 4.39 Å². The van der Waals surface area contributed by atoms with Crippen molar-refractivity contribution in [3.63, 3.8) is 0 Å². The number of hydrogen-bond acceptors (Lipinski definition) is 2. The predicted octanol–water partition coefficient (Wildman–Crippen LogP) is 4.55. The maximum absolute atomic E-state index is 13.8. The van der Waals surface area contributed by atoms with Crippen LogP contribution in [0.2, 0.25) is 0 Å².